The van der Waals surface area contributed by atoms with E-state index in [2.05, 4.69) is 26.2 Å². The van der Waals surface area contributed by atoms with E-state index in [1.807, 2.05) is 6.08 Å². The molecule has 0 amide bonds. The van der Waals surface area contributed by atoms with Gasteiger partial charge in [0.2, 0.25) is 0 Å². The number of unbranched alkanes of at least 4 members (excludes halogenated alkanes) is 3. The van der Waals surface area contributed by atoms with Crippen LogP contribution in [0.5, 0.6) is 0 Å². The number of rotatable bonds is 10. The lowest BCUT2D eigenvalue weighted by atomic mass is 10.1. The summed E-state index contributed by atoms with van der Waals surface area (Å²) in [5.41, 5.74) is 0.624. The highest BCUT2D eigenvalue weighted by Crippen LogP contribution is 2.06. The smallest absolute Gasteiger partial charge is 0.334 e. The van der Waals surface area contributed by atoms with Gasteiger partial charge >= 0.3 is 5.97 Å². The molecule has 0 aliphatic carbocycles. The number of hydrogen-bond acceptors (Lipinski definition) is 2. The van der Waals surface area contributed by atoms with Crippen molar-refractivity contribution in [2.24, 2.45) is 0 Å². The summed E-state index contributed by atoms with van der Waals surface area (Å²) < 4.78 is 4.99. The van der Waals surface area contributed by atoms with Crippen LogP contribution in [0, 0.1) is 0 Å². The van der Waals surface area contributed by atoms with Gasteiger partial charge in [0.25, 0.3) is 0 Å². The number of carbonyl (C=O) groups is 1. The number of esters is 1. The molecule has 0 N–H and O–H groups in total. The maximum absolute atomic E-state index is 11.6. The lowest BCUT2D eigenvalue weighted by Crippen LogP contribution is -2.07. The van der Waals surface area contributed by atoms with Gasteiger partial charge in [0.05, 0.1) is 0 Å². The summed E-state index contributed by atoms with van der Waals surface area (Å²) in [6.07, 6.45) is 14.3. The van der Waals surface area contributed by atoms with Gasteiger partial charge in [-0.1, -0.05) is 56.7 Å². The van der Waals surface area contributed by atoms with Crippen LogP contribution in [0.2, 0.25) is 0 Å². The van der Waals surface area contributed by atoms with E-state index < -0.39 is 0 Å². The number of carbonyl (C=O) groups excluding carboxylic acids is 1. The molecule has 0 fully saturated rings. The van der Waals surface area contributed by atoms with E-state index in [1.54, 1.807) is 18.2 Å². The van der Waals surface area contributed by atoms with Gasteiger partial charge in [-0.05, 0) is 19.3 Å². The van der Waals surface area contributed by atoms with Gasteiger partial charge in [0.1, 0.15) is 6.61 Å². The average molecular weight is 248 g/mol. The van der Waals surface area contributed by atoms with Gasteiger partial charge in [-0.3, -0.25) is 0 Å². The van der Waals surface area contributed by atoms with Crippen LogP contribution in [-0.2, 0) is 9.53 Å². The molecule has 0 unspecified atom stereocenters. The third kappa shape index (κ3) is 8.57. The molecule has 0 bridgehead atoms. The molecule has 0 aromatic carbocycles. The highest BCUT2D eigenvalue weighted by atomic mass is 16.5. The molecule has 0 saturated carbocycles. The maximum Gasteiger partial charge on any atom is 0.334 e. The molecule has 18 heavy (non-hydrogen) atoms. The Kier molecular flexibility index (Phi) is 10.9. The van der Waals surface area contributed by atoms with E-state index >= 15 is 0 Å². The van der Waals surface area contributed by atoms with E-state index in [4.69, 9.17) is 4.74 Å². The summed E-state index contributed by atoms with van der Waals surface area (Å²) in [5, 5.41) is 0. The van der Waals surface area contributed by atoms with Gasteiger partial charge in [-0.25, -0.2) is 4.79 Å². The monoisotopic (exact) mass is 248 g/mol. The number of allylic oxidation sites excluding steroid dienone is 4. The molecule has 0 aliphatic heterocycles. The van der Waals surface area contributed by atoms with Gasteiger partial charge in [0, 0.05) is 5.57 Å². The molecule has 0 heterocycles. The highest BCUT2D eigenvalue weighted by Gasteiger charge is 2.07. The Morgan fingerprint density at radius 2 is 2.00 bits per heavy atom. The molecule has 2 heteroatoms. The molecule has 100 valence electrons. The van der Waals surface area contributed by atoms with Crippen molar-refractivity contribution in [2.45, 2.75) is 39.0 Å². The van der Waals surface area contributed by atoms with Crippen molar-refractivity contribution < 1.29 is 9.53 Å². The lowest BCUT2D eigenvalue weighted by Gasteiger charge is -2.03. The first-order chi connectivity index (χ1) is 8.76. The molecular formula is C16H24O2. The van der Waals surface area contributed by atoms with E-state index in [1.165, 1.54) is 19.3 Å². The topological polar surface area (TPSA) is 26.3 Å². The lowest BCUT2D eigenvalue weighted by molar-refractivity contribution is -0.137. The molecule has 2 nitrogen and oxygen atoms in total. The van der Waals surface area contributed by atoms with Crippen molar-refractivity contribution in [2.75, 3.05) is 6.61 Å². The van der Waals surface area contributed by atoms with Crippen LogP contribution >= 0.6 is 0 Å². The minimum absolute atomic E-state index is 0.244. The predicted octanol–water partition coefficient (Wildman–Crippen LogP) is 4.35. The van der Waals surface area contributed by atoms with Crippen LogP contribution in [0.3, 0.4) is 0 Å². The van der Waals surface area contributed by atoms with Crippen LogP contribution in [0.15, 0.2) is 49.1 Å². The SMILES string of the molecule is C=CCOC(=O)C(=CC=CCCCCC)CC=C. The minimum atomic E-state index is -0.298. The van der Waals surface area contributed by atoms with Crippen molar-refractivity contribution in [1.29, 1.82) is 0 Å². The van der Waals surface area contributed by atoms with Crippen LogP contribution in [0.4, 0.5) is 0 Å². The third-order valence-corrected chi connectivity index (χ3v) is 2.37. The molecule has 0 radical (unpaired) electrons. The fourth-order valence-corrected chi connectivity index (χ4v) is 1.39. The Morgan fingerprint density at radius 1 is 1.22 bits per heavy atom. The molecule has 0 saturated heterocycles. The zero-order valence-electron chi connectivity index (χ0n) is 11.4. The third-order valence-electron chi connectivity index (χ3n) is 2.37. The summed E-state index contributed by atoms with van der Waals surface area (Å²) in [4.78, 5) is 11.6. The van der Waals surface area contributed by atoms with Gasteiger partial charge in [-0.2, -0.15) is 0 Å². The summed E-state index contributed by atoms with van der Waals surface area (Å²) >= 11 is 0. The molecule has 0 rings (SSSR count). The summed E-state index contributed by atoms with van der Waals surface area (Å²) in [5.74, 6) is -0.298. The predicted molar refractivity (Wildman–Crippen MR) is 77.3 cm³/mol. The van der Waals surface area contributed by atoms with Gasteiger partial charge in [-0.15, -0.1) is 6.58 Å². The van der Waals surface area contributed by atoms with E-state index in [0.717, 1.165) is 6.42 Å². The van der Waals surface area contributed by atoms with E-state index in [0.29, 0.717) is 12.0 Å². The molecular weight excluding hydrogens is 224 g/mol. The first kappa shape index (κ1) is 16.4. The molecule has 0 aromatic rings. The second-order valence-electron chi connectivity index (χ2n) is 4.00. The Morgan fingerprint density at radius 3 is 2.61 bits per heavy atom. The summed E-state index contributed by atoms with van der Waals surface area (Å²) in [6, 6.07) is 0. The molecule has 0 spiro atoms. The van der Waals surface area contributed by atoms with Gasteiger partial charge in [0.15, 0.2) is 0 Å². The quantitative estimate of drug-likeness (QED) is 0.189. The van der Waals surface area contributed by atoms with Gasteiger partial charge < -0.3 is 4.74 Å². The Hall–Kier alpha value is -1.57. The van der Waals surface area contributed by atoms with Crippen molar-refractivity contribution >= 4 is 5.97 Å². The first-order valence-corrected chi connectivity index (χ1v) is 6.50. The fraction of sp³-hybridized carbons (Fsp3) is 0.438. The minimum Gasteiger partial charge on any atom is -0.458 e. The van der Waals surface area contributed by atoms with E-state index in [9.17, 15) is 4.79 Å². The molecule has 0 aromatic heterocycles. The maximum atomic E-state index is 11.6. The van der Waals surface area contributed by atoms with Crippen molar-refractivity contribution in [3.05, 3.63) is 49.1 Å². The largest absolute Gasteiger partial charge is 0.458 e. The van der Waals surface area contributed by atoms with Crippen molar-refractivity contribution in [1.82, 2.24) is 0 Å². The van der Waals surface area contributed by atoms with E-state index in [-0.39, 0.29) is 12.6 Å². The fourth-order valence-electron chi connectivity index (χ4n) is 1.39. The van der Waals surface area contributed by atoms with Crippen molar-refractivity contribution in [3.8, 4) is 0 Å². The van der Waals surface area contributed by atoms with Crippen molar-refractivity contribution in [3.63, 3.8) is 0 Å². The summed E-state index contributed by atoms with van der Waals surface area (Å²) in [7, 11) is 0. The Balaban J connectivity index is 4.25. The number of ether oxygens (including phenoxy) is 1. The molecule has 0 atom stereocenters. The second-order valence-corrected chi connectivity index (χ2v) is 4.00. The molecule has 0 aliphatic rings. The highest BCUT2D eigenvalue weighted by molar-refractivity contribution is 5.89. The van der Waals surface area contributed by atoms with Crippen LogP contribution < -0.4 is 0 Å². The zero-order chi connectivity index (χ0) is 13.6. The Bertz CT molecular complexity index is 311. The summed E-state index contributed by atoms with van der Waals surface area (Å²) in [6.45, 7) is 9.58. The normalized spacial score (nSPS) is 11.5. The average Bonchev–Trinajstić information content (AvgIpc) is 2.38. The standard InChI is InChI=1S/C16H24O2/c1-4-7-8-9-10-11-13-15(12-5-2)16(17)18-14-6-3/h5-6,10-11,13H,2-4,7-9,12,14H2,1H3. The first-order valence-electron chi connectivity index (χ1n) is 6.50. The second kappa shape index (κ2) is 11.9. The Labute approximate surface area is 111 Å². The van der Waals surface area contributed by atoms with Crippen LogP contribution in [-0.4, -0.2) is 12.6 Å². The van der Waals surface area contributed by atoms with Crippen LogP contribution in [0.25, 0.3) is 0 Å². The number of hydrogen-bond donors (Lipinski definition) is 0. The van der Waals surface area contributed by atoms with Crippen LogP contribution in [0.1, 0.15) is 39.0 Å². The zero-order valence-corrected chi connectivity index (χ0v) is 11.4.